The maximum absolute atomic E-state index is 4.64. The third-order valence-electron chi connectivity index (χ3n) is 23.0. The summed E-state index contributed by atoms with van der Waals surface area (Å²) >= 11 is 0. The van der Waals surface area contributed by atoms with E-state index in [0.717, 1.165) is 167 Å². The first-order valence-corrected chi connectivity index (χ1v) is 40.8. The fourth-order valence-electron chi connectivity index (χ4n) is 17.0. The second-order valence-corrected chi connectivity index (χ2v) is 30.6. The first kappa shape index (κ1) is 73.1. The molecule has 0 fully saturated rings. The number of benzene rings is 12. The number of pyridine rings is 8. The Morgan fingerprint density at radius 2 is 0.361 bits per heavy atom. The quantitative estimate of drug-likeness (QED) is 0.0940. The molecule has 10 nitrogen and oxygen atoms in total. The van der Waals surface area contributed by atoms with E-state index in [-0.39, 0.29) is 0 Å². The van der Waals surface area contributed by atoms with Crippen molar-refractivity contribution in [2.75, 3.05) is 0 Å². The number of nitrogens with zero attached hydrogens (tertiary/aromatic N) is 10. The second-order valence-electron chi connectivity index (χ2n) is 30.6. The molecule has 0 spiro atoms. The zero-order valence-corrected chi connectivity index (χ0v) is 66.2. The van der Waals surface area contributed by atoms with Gasteiger partial charge in [0.15, 0.2) is 0 Å². The predicted octanol–water partition coefficient (Wildman–Crippen LogP) is 28.1. The molecule has 0 N–H and O–H groups in total. The van der Waals surface area contributed by atoms with Gasteiger partial charge in [-0.25, -0.2) is 0 Å². The second kappa shape index (κ2) is 32.5. The number of hydrogen-bond acceptors (Lipinski definition) is 8. The number of para-hydroxylation sites is 4. The number of aromatic nitrogens is 10. The monoisotopic (exact) mass is 1560 g/mol. The molecule has 10 heteroatoms. The van der Waals surface area contributed by atoms with Gasteiger partial charge in [0, 0.05) is 188 Å². The van der Waals surface area contributed by atoms with Gasteiger partial charge in [-0.2, -0.15) is 0 Å². The van der Waals surface area contributed by atoms with E-state index in [4.69, 9.17) is 0 Å². The van der Waals surface area contributed by atoms with E-state index in [1.165, 1.54) is 43.6 Å². The highest BCUT2D eigenvalue weighted by Gasteiger charge is 2.20. The highest BCUT2D eigenvalue weighted by molar-refractivity contribution is 6.12. The predicted molar refractivity (Wildman–Crippen MR) is 500 cm³/mol. The molecule has 122 heavy (non-hydrogen) atoms. The summed E-state index contributed by atoms with van der Waals surface area (Å²) in [6, 6.07) is 126. The summed E-state index contributed by atoms with van der Waals surface area (Å²) < 4.78 is 4.73. The van der Waals surface area contributed by atoms with E-state index in [1.807, 2.05) is 123 Å². The lowest BCUT2D eigenvalue weighted by atomic mass is 9.91. The van der Waals surface area contributed by atoms with E-state index >= 15 is 0 Å². The molecule has 10 aromatic heterocycles. The molecule has 0 unspecified atom stereocenters. The molecule has 0 bridgehead atoms. The van der Waals surface area contributed by atoms with E-state index in [9.17, 15) is 0 Å². The van der Waals surface area contributed by atoms with Crippen LogP contribution in [0.15, 0.2) is 451 Å². The molecule has 12 aromatic carbocycles. The van der Waals surface area contributed by atoms with Gasteiger partial charge < -0.3 is 9.13 Å². The van der Waals surface area contributed by atoms with Gasteiger partial charge in [0.05, 0.1) is 22.1 Å². The van der Waals surface area contributed by atoms with Gasteiger partial charge in [-0.05, 0) is 282 Å². The molecule has 0 aliphatic carbocycles. The zero-order valence-electron chi connectivity index (χ0n) is 66.2. The van der Waals surface area contributed by atoms with Crippen LogP contribution < -0.4 is 0 Å². The van der Waals surface area contributed by atoms with Crippen LogP contribution >= 0.6 is 0 Å². The third kappa shape index (κ3) is 14.7. The van der Waals surface area contributed by atoms with Crippen molar-refractivity contribution in [3.63, 3.8) is 0 Å². The maximum atomic E-state index is 4.64. The van der Waals surface area contributed by atoms with Crippen molar-refractivity contribution in [3.8, 4) is 167 Å². The largest absolute Gasteiger partial charge is 0.309 e. The molecule has 22 aromatic rings. The third-order valence-corrected chi connectivity index (χ3v) is 23.0. The van der Waals surface area contributed by atoms with Crippen LogP contribution in [-0.2, 0) is 0 Å². The molecule has 22 rings (SSSR count). The summed E-state index contributed by atoms with van der Waals surface area (Å²) in [5.74, 6) is 0. The van der Waals surface area contributed by atoms with Gasteiger partial charge in [-0.3, -0.25) is 39.9 Å². The summed E-state index contributed by atoms with van der Waals surface area (Å²) in [6.07, 6.45) is 30.0. The Bertz CT molecular complexity index is 6880. The van der Waals surface area contributed by atoms with E-state index in [0.29, 0.717) is 0 Å². The fourth-order valence-corrected chi connectivity index (χ4v) is 17.0. The normalized spacial score (nSPS) is 11.3. The Labute approximate surface area is 706 Å². The average Bonchev–Trinajstić information content (AvgIpc) is 1.60. The lowest BCUT2D eigenvalue weighted by molar-refractivity contribution is 1.18. The highest BCUT2D eigenvalue weighted by atomic mass is 15.0. The molecule has 0 aliphatic rings. The van der Waals surface area contributed by atoms with Crippen molar-refractivity contribution in [3.05, 3.63) is 451 Å². The van der Waals surface area contributed by atoms with Crippen molar-refractivity contribution in [2.45, 2.75) is 0 Å². The van der Waals surface area contributed by atoms with Gasteiger partial charge in [0.1, 0.15) is 0 Å². The topological polar surface area (TPSA) is 113 Å². The summed E-state index contributed by atoms with van der Waals surface area (Å²) in [5.41, 5.74) is 37.7. The van der Waals surface area contributed by atoms with Crippen LogP contribution in [-0.4, -0.2) is 49.0 Å². The molecular weight excluding hydrogens is 1490 g/mol. The Kier molecular flexibility index (Phi) is 19.5. The van der Waals surface area contributed by atoms with Gasteiger partial charge >= 0.3 is 0 Å². The maximum Gasteiger partial charge on any atom is 0.0541 e. The molecule has 0 aliphatic heterocycles. The van der Waals surface area contributed by atoms with Crippen LogP contribution in [0.25, 0.3) is 211 Å². The minimum Gasteiger partial charge on any atom is -0.309 e. The van der Waals surface area contributed by atoms with Gasteiger partial charge in [0.25, 0.3) is 0 Å². The van der Waals surface area contributed by atoms with Crippen LogP contribution in [0.3, 0.4) is 0 Å². The zero-order chi connectivity index (χ0) is 81.1. The smallest absolute Gasteiger partial charge is 0.0541 e. The highest BCUT2D eigenvalue weighted by Crippen LogP contribution is 2.44. The molecular formula is C112H74N10. The Morgan fingerprint density at radius 1 is 0.123 bits per heavy atom. The standard InChI is InChI=1S/2C56H37N5/c1-2-16-52(17-3-1)61-55-19-5-4-18-53(55)54-31-42(20-21-56(54)61)47-27-45(38-10-6-12-40(24-38)48-29-50(36-59-34-48)43-14-8-22-57-32-43)26-46(28-47)39-11-7-13-41(25-39)49-30-51(37-60-35-49)44-15-9-23-58-33-44;1-2-12-52(13-3-1)61-55-15-5-4-14-53(55)54-33-44(16-17-56(54)61)47-29-45(40-8-6-10-42(26-40)50-31-48(34-59-36-50)38-18-22-57-23-19-38)28-46(30-47)41-9-7-11-43(27-41)51-32-49(35-60-37-51)39-20-24-58-25-21-39/h2*1-37H. The van der Waals surface area contributed by atoms with Crippen LogP contribution in [0.4, 0.5) is 0 Å². The molecule has 0 amide bonds. The van der Waals surface area contributed by atoms with E-state index < -0.39 is 0 Å². The lowest BCUT2D eigenvalue weighted by Crippen LogP contribution is -1.93. The molecule has 0 saturated carbocycles. The minimum atomic E-state index is 1.03. The molecule has 10 heterocycles. The van der Waals surface area contributed by atoms with E-state index in [1.54, 1.807) is 12.4 Å². The Hall–Kier alpha value is -16.6. The van der Waals surface area contributed by atoms with E-state index in [2.05, 4.69) is 364 Å². The molecule has 0 saturated heterocycles. The minimum absolute atomic E-state index is 1.03. The van der Waals surface area contributed by atoms with Crippen molar-refractivity contribution < 1.29 is 0 Å². The van der Waals surface area contributed by atoms with Crippen LogP contribution in [0.2, 0.25) is 0 Å². The molecule has 0 atom stereocenters. The first-order valence-electron chi connectivity index (χ1n) is 40.8. The van der Waals surface area contributed by atoms with Gasteiger partial charge in [-0.15, -0.1) is 0 Å². The lowest BCUT2D eigenvalue weighted by Gasteiger charge is -2.14. The average molecular weight is 1560 g/mol. The number of hydrogen-bond donors (Lipinski definition) is 0. The fraction of sp³-hybridized carbons (Fsp3) is 0. The van der Waals surface area contributed by atoms with Crippen LogP contribution in [0.5, 0.6) is 0 Å². The summed E-state index contributed by atoms with van der Waals surface area (Å²) in [6.45, 7) is 0. The van der Waals surface area contributed by atoms with Gasteiger partial charge in [0.2, 0.25) is 0 Å². The van der Waals surface area contributed by atoms with Crippen molar-refractivity contribution >= 4 is 43.6 Å². The van der Waals surface area contributed by atoms with Crippen molar-refractivity contribution in [2.24, 2.45) is 0 Å². The van der Waals surface area contributed by atoms with Crippen LogP contribution in [0, 0.1) is 0 Å². The van der Waals surface area contributed by atoms with Crippen molar-refractivity contribution in [1.29, 1.82) is 0 Å². The Balaban J connectivity index is 0.000000150. The summed E-state index contributed by atoms with van der Waals surface area (Å²) in [4.78, 5) is 35.6. The van der Waals surface area contributed by atoms with Crippen molar-refractivity contribution in [1.82, 2.24) is 49.0 Å². The summed E-state index contributed by atoms with van der Waals surface area (Å²) in [5, 5.41) is 4.89. The first-order chi connectivity index (χ1) is 60.4. The van der Waals surface area contributed by atoms with Gasteiger partial charge in [-0.1, -0.05) is 170 Å². The van der Waals surface area contributed by atoms with Crippen LogP contribution in [0.1, 0.15) is 0 Å². The summed E-state index contributed by atoms with van der Waals surface area (Å²) in [7, 11) is 0. The molecule has 572 valence electrons. The number of fused-ring (bicyclic) bond motifs is 6. The number of rotatable bonds is 16. The Morgan fingerprint density at radius 3 is 0.672 bits per heavy atom. The molecule has 0 radical (unpaired) electrons. The SMILES string of the molecule is c1ccc(-n2c3ccccc3c3cc(-c4cc(-c5cccc(-c6cncc(-c7cccnc7)c6)c5)cc(-c5cccc(-c6cncc(-c7cccnc7)c6)c5)c4)ccc32)cc1.c1ccc(-n2c3ccccc3c3cc(-c4cc(-c5cccc(-c6cncc(-c7ccncc7)c6)c5)cc(-c5cccc(-c6cncc(-c7ccncc7)c6)c5)c4)ccc32)cc1.